The Morgan fingerprint density at radius 2 is 2.17 bits per heavy atom. The molecule has 0 aliphatic heterocycles. The number of halogens is 1. The van der Waals surface area contributed by atoms with Gasteiger partial charge in [-0.05, 0) is 18.6 Å². The van der Waals surface area contributed by atoms with Crippen LogP contribution in [0.2, 0.25) is 5.15 Å². The normalized spacial score (nSPS) is 11.0. The lowest BCUT2D eigenvalue weighted by atomic mass is 10.3. The number of esters is 1. The van der Waals surface area contributed by atoms with Crippen molar-refractivity contribution in [2.24, 2.45) is 0 Å². The molecule has 1 N–H and O–H groups in total. The lowest BCUT2D eigenvalue weighted by Crippen LogP contribution is -2.18. The Morgan fingerprint density at radius 3 is 2.72 bits per heavy atom. The van der Waals surface area contributed by atoms with Gasteiger partial charge in [0, 0.05) is 6.42 Å². The largest absolute Gasteiger partial charge is 0.469 e. The van der Waals surface area contributed by atoms with E-state index in [0.717, 1.165) is 0 Å². The van der Waals surface area contributed by atoms with Gasteiger partial charge in [-0.3, -0.25) is 9.52 Å². The first-order valence-corrected chi connectivity index (χ1v) is 7.02. The summed E-state index contributed by atoms with van der Waals surface area (Å²) in [4.78, 5) is 10.8. The number of rotatable bonds is 6. The SMILES string of the molecule is COC(=O)CCCS(=O)(=O)Nc1ccc(Cl)nn1. The van der Waals surface area contributed by atoms with Gasteiger partial charge in [0.1, 0.15) is 0 Å². The van der Waals surface area contributed by atoms with Crippen LogP contribution in [0.3, 0.4) is 0 Å². The second-order valence-electron chi connectivity index (χ2n) is 3.34. The Kier molecular flexibility index (Phi) is 5.29. The summed E-state index contributed by atoms with van der Waals surface area (Å²) >= 11 is 5.52. The average molecular weight is 294 g/mol. The summed E-state index contributed by atoms with van der Waals surface area (Å²) in [5.74, 6) is -0.569. The van der Waals surface area contributed by atoms with Crippen LogP contribution in [0.5, 0.6) is 0 Å². The van der Waals surface area contributed by atoms with Gasteiger partial charge in [-0.2, -0.15) is 0 Å². The van der Waals surface area contributed by atoms with Crippen molar-refractivity contribution in [1.29, 1.82) is 0 Å². The zero-order valence-corrected chi connectivity index (χ0v) is 11.2. The number of carbonyl (C=O) groups is 1. The third-order valence-corrected chi connectivity index (χ3v) is 3.46. The first-order chi connectivity index (χ1) is 8.43. The van der Waals surface area contributed by atoms with Crippen LogP contribution in [-0.4, -0.2) is 37.4 Å². The van der Waals surface area contributed by atoms with Gasteiger partial charge in [-0.25, -0.2) is 8.42 Å². The lowest BCUT2D eigenvalue weighted by molar-refractivity contribution is -0.140. The highest BCUT2D eigenvalue weighted by molar-refractivity contribution is 7.92. The number of anilines is 1. The highest BCUT2D eigenvalue weighted by Crippen LogP contribution is 2.08. The Morgan fingerprint density at radius 1 is 1.44 bits per heavy atom. The topological polar surface area (TPSA) is 98.2 Å². The Hall–Kier alpha value is -1.41. The highest BCUT2D eigenvalue weighted by atomic mass is 35.5. The number of ether oxygens (including phenoxy) is 1. The predicted octanol–water partition coefficient (Wildman–Crippen LogP) is 0.825. The molecule has 1 aromatic heterocycles. The second kappa shape index (κ2) is 6.50. The summed E-state index contributed by atoms with van der Waals surface area (Å²) in [5.41, 5.74) is 0. The van der Waals surface area contributed by atoms with E-state index in [2.05, 4.69) is 19.7 Å². The molecule has 0 spiro atoms. The second-order valence-corrected chi connectivity index (χ2v) is 5.57. The third kappa shape index (κ3) is 5.28. The van der Waals surface area contributed by atoms with E-state index in [9.17, 15) is 13.2 Å². The molecule has 0 aliphatic carbocycles. The van der Waals surface area contributed by atoms with Crippen LogP contribution >= 0.6 is 11.6 Å². The van der Waals surface area contributed by atoms with Crippen LogP contribution in [0, 0.1) is 0 Å². The van der Waals surface area contributed by atoms with E-state index in [1.807, 2.05) is 0 Å². The maximum Gasteiger partial charge on any atom is 0.305 e. The molecule has 0 fully saturated rings. The van der Waals surface area contributed by atoms with E-state index >= 15 is 0 Å². The van der Waals surface area contributed by atoms with E-state index < -0.39 is 16.0 Å². The van der Waals surface area contributed by atoms with E-state index in [-0.39, 0.29) is 29.6 Å². The summed E-state index contributed by atoms with van der Waals surface area (Å²) < 4.78 is 29.8. The van der Waals surface area contributed by atoms with Crippen molar-refractivity contribution in [3.05, 3.63) is 17.3 Å². The number of nitrogens with zero attached hydrogens (tertiary/aromatic N) is 2. The van der Waals surface area contributed by atoms with Crippen molar-refractivity contribution in [3.63, 3.8) is 0 Å². The summed E-state index contributed by atoms with van der Waals surface area (Å²) in [5, 5.41) is 7.23. The number of methoxy groups -OCH3 is 1. The summed E-state index contributed by atoms with van der Waals surface area (Å²) in [6.07, 6.45) is 0.215. The number of aromatic nitrogens is 2. The lowest BCUT2D eigenvalue weighted by Gasteiger charge is -2.05. The quantitative estimate of drug-likeness (QED) is 0.780. The summed E-state index contributed by atoms with van der Waals surface area (Å²) in [6, 6.07) is 2.81. The molecule has 9 heteroatoms. The smallest absolute Gasteiger partial charge is 0.305 e. The Balaban J connectivity index is 2.49. The first-order valence-electron chi connectivity index (χ1n) is 4.99. The van der Waals surface area contributed by atoms with Crippen molar-refractivity contribution < 1.29 is 17.9 Å². The number of hydrogen-bond acceptors (Lipinski definition) is 6. The molecule has 0 amide bonds. The molecule has 0 saturated carbocycles. The molecule has 0 aromatic carbocycles. The number of carbonyl (C=O) groups excluding carboxylic acids is 1. The van der Waals surface area contributed by atoms with Gasteiger partial charge in [-0.1, -0.05) is 11.6 Å². The van der Waals surface area contributed by atoms with Gasteiger partial charge in [0.2, 0.25) is 10.0 Å². The van der Waals surface area contributed by atoms with Crippen molar-refractivity contribution in [2.75, 3.05) is 17.6 Å². The maximum atomic E-state index is 11.6. The molecular weight excluding hydrogens is 282 g/mol. The molecule has 1 heterocycles. The average Bonchev–Trinajstić information content (AvgIpc) is 2.31. The van der Waals surface area contributed by atoms with Gasteiger partial charge in [0.05, 0.1) is 12.9 Å². The minimum atomic E-state index is -3.55. The molecule has 0 unspecified atom stereocenters. The van der Waals surface area contributed by atoms with Crippen molar-refractivity contribution in [1.82, 2.24) is 10.2 Å². The van der Waals surface area contributed by atoms with Gasteiger partial charge in [0.25, 0.3) is 0 Å². The molecule has 0 bridgehead atoms. The van der Waals surface area contributed by atoms with Crippen LogP contribution in [0.1, 0.15) is 12.8 Å². The van der Waals surface area contributed by atoms with Gasteiger partial charge in [0.15, 0.2) is 11.0 Å². The number of sulfonamides is 1. The van der Waals surface area contributed by atoms with E-state index in [0.29, 0.717) is 0 Å². The molecule has 7 nitrogen and oxygen atoms in total. The fourth-order valence-electron chi connectivity index (χ4n) is 1.09. The molecule has 18 heavy (non-hydrogen) atoms. The third-order valence-electron chi connectivity index (χ3n) is 1.91. The van der Waals surface area contributed by atoms with Crippen molar-refractivity contribution >= 4 is 33.4 Å². The molecule has 1 aromatic rings. The Bertz CT molecular complexity index is 503. The molecular formula is C9H12ClN3O4S. The summed E-state index contributed by atoms with van der Waals surface area (Å²) in [6.45, 7) is 0. The van der Waals surface area contributed by atoms with Crippen molar-refractivity contribution in [2.45, 2.75) is 12.8 Å². The Labute approximate surface area is 110 Å². The zero-order chi connectivity index (χ0) is 13.6. The zero-order valence-electron chi connectivity index (χ0n) is 9.59. The maximum absolute atomic E-state index is 11.6. The minimum Gasteiger partial charge on any atom is -0.469 e. The monoisotopic (exact) mass is 293 g/mol. The van der Waals surface area contributed by atoms with Gasteiger partial charge in [-0.15, -0.1) is 10.2 Å². The van der Waals surface area contributed by atoms with Gasteiger partial charge < -0.3 is 4.74 Å². The van der Waals surface area contributed by atoms with E-state index in [1.54, 1.807) is 0 Å². The van der Waals surface area contributed by atoms with Gasteiger partial charge >= 0.3 is 5.97 Å². The summed E-state index contributed by atoms with van der Waals surface area (Å²) in [7, 11) is -2.31. The molecule has 100 valence electrons. The standard InChI is InChI=1S/C9H12ClN3O4S/c1-17-9(14)3-2-6-18(15,16)13-8-5-4-7(10)11-12-8/h4-5H,2-3,6H2,1H3,(H,12,13). The van der Waals surface area contributed by atoms with Crippen LogP contribution in [-0.2, 0) is 19.6 Å². The van der Waals surface area contributed by atoms with E-state index in [1.165, 1.54) is 19.2 Å². The molecule has 0 aliphatic rings. The van der Waals surface area contributed by atoms with Crippen LogP contribution < -0.4 is 4.72 Å². The molecule has 0 atom stereocenters. The van der Waals surface area contributed by atoms with E-state index in [4.69, 9.17) is 11.6 Å². The number of nitrogens with one attached hydrogen (secondary N) is 1. The molecule has 1 rings (SSSR count). The van der Waals surface area contributed by atoms with Crippen LogP contribution in [0.15, 0.2) is 12.1 Å². The predicted molar refractivity (Wildman–Crippen MR) is 65.7 cm³/mol. The van der Waals surface area contributed by atoms with Crippen molar-refractivity contribution in [3.8, 4) is 0 Å². The first kappa shape index (κ1) is 14.7. The fraction of sp³-hybridized carbons (Fsp3) is 0.444. The minimum absolute atomic E-state index is 0.0453. The highest BCUT2D eigenvalue weighted by Gasteiger charge is 2.12. The van der Waals surface area contributed by atoms with Crippen LogP contribution in [0.25, 0.3) is 0 Å². The van der Waals surface area contributed by atoms with Crippen LogP contribution in [0.4, 0.5) is 5.82 Å². The molecule has 0 radical (unpaired) electrons. The fourth-order valence-corrected chi connectivity index (χ4v) is 2.24. The molecule has 0 saturated heterocycles. The number of hydrogen-bond donors (Lipinski definition) is 1.